The van der Waals surface area contributed by atoms with Gasteiger partial charge in [0.1, 0.15) is 0 Å². The second-order valence-corrected chi connectivity index (χ2v) is 8.29. The van der Waals surface area contributed by atoms with E-state index < -0.39 is 12.0 Å². The number of anilines is 1. The Morgan fingerprint density at radius 1 is 1.06 bits per heavy atom. The van der Waals surface area contributed by atoms with Crippen molar-refractivity contribution >= 4 is 23.3 Å². The lowest BCUT2D eigenvalue weighted by atomic mass is 9.99. The van der Waals surface area contributed by atoms with E-state index in [1.165, 1.54) is 36.3 Å². The summed E-state index contributed by atoms with van der Waals surface area (Å²) in [5, 5.41) is 0. The number of nitrogens with two attached hydrogens (primary N) is 1. The molecular formula is C27H35N3O5. The number of methoxy groups -OCH3 is 2. The Hall–Kier alpha value is -3.52. The highest BCUT2D eigenvalue weighted by Crippen LogP contribution is 2.35. The van der Waals surface area contributed by atoms with E-state index in [0.29, 0.717) is 23.7 Å². The molecule has 0 radical (unpaired) electrons. The molecular weight excluding hydrogens is 446 g/mol. The van der Waals surface area contributed by atoms with Crippen LogP contribution >= 0.6 is 0 Å². The van der Waals surface area contributed by atoms with Gasteiger partial charge in [-0.2, -0.15) is 0 Å². The van der Waals surface area contributed by atoms with Crippen molar-refractivity contribution in [3.8, 4) is 11.5 Å². The molecule has 0 fully saturated rings. The van der Waals surface area contributed by atoms with Gasteiger partial charge in [0.2, 0.25) is 0 Å². The minimum atomic E-state index is -0.662. The van der Waals surface area contributed by atoms with Crippen molar-refractivity contribution < 1.29 is 23.8 Å². The van der Waals surface area contributed by atoms with Crippen LogP contribution in [0.25, 0.3) is 5.57 Å². The molecule has 3 rings (SSSR count). The summed E-state index contributed by atoms with van der Waals surface area (Å²) in [6.07, 6.45) is 4.41. The van der Waals surface area contributed by atoms with Gasteiger partial charge in [0.15, 0.2) is 11.5 Å². The highest BCUT2D eigenvalue weighted by atomic mass is 16.6. The van der Waals surface area contributed by atoms with Crippen LogP contribution in [0.3, 0.4) is 0 Å². The third kappa shape index (κ3) is 6.76. The molecule has 188 valence electrons. The van der Waals surface area contributed by atoms with Crippen LogP contribution in [0, 0.1) is 0 Å². The van der Waals surface area contributed by atoms with Crippen molar-refractivity contribution in [3.63, 3.8) is 0 Å². The van der Waals surface area contributed by atoms with Crippen LogP contribution in [-0.2, 0) is 4.74 Å². The molecule has 1 aliphatic heterocycles. The Bertz CT molecular complexity index is 1040. The number of nitrogens with zero attached hydrogens (tertiary/aromatic N) is 2. The summed E-state index contributed by atoms with van der Waals surface area (Å²) in [6.45, 7) is 5.18. The van der Waals surface area contributed by atoms with Gasteiger partial charge in [0.05, 0.1) is 32.1 Å². The molecule has 0 unspecified atom stereocenters. The molecule has 2 N–H and O–H groups in total. The van der Waals surface area contributed by atoms with Gasteiger partial charge in [0.25, 0.3) is 5.91 Å². The van der Waals surface area contributed by atoms with Crippen LogP contribution < -0.4 is 20.1 Å². The Morgan fingerprint density at radius 2 is 1.77 bits per heavy atom. The van der Waals surface area contributed by atoms with Crippen LogP contribution in [0.2, 0.25) is 0 Å². The molecule has 2 amide bonds. The van der Waals surface area contributed by atoms with Crippen molar-refractivity contribution in [2.45, 2.75) is 26.2 Å². The molecule has 0 saturated heterocycles. The summed E-state index contributed by atoms with van der Waals surface area (Å²) < 4.78 is 15.9. The van der Waals surface area contributed by atoms with Gasteiger partial charge in [-0.1, -0.05) is 36.4 Å². The molecule has 0 aliphatic carbocycles. The number of carbonyl (C=O) groups excluding carboxylic acids is 2. The maximum atomic E-state index is 12.8. The van der Waals surface area contributed by atoms with Crippen molar-refractivity contribution in [2.75, 3.05) is 51.9 Å². The number of rotatable bonds is 11. The molecule has 8 nitrogen and oxygen atoms in total. The number of amides is 2. The number of benzene rings is 2. The minimum absolute atomic E-state index is 0.172. The van der Waals surface area contributed by atoms with E-state index >= 15 is 0 Å². The zero-order valence-electron chi connectivity index (χ0n) is 20.8. The number of unbranched alkanes of at least 4 members (excludes halogenated alkanes) is 1. The van der Waals surface area contributed by atoms with E-state index in [-0.39, 0.29) is 12.2 Å². The highest BCUT2D eigenvalue weighted by molar-refractivity contribution is 6.03. The minimum Gasteiger partial charge on any atom is -0.493 e. The number of primary amides is 1. The molecule has 2 aromatic rings. The zero-order valence-corrected chi connectivity index (χ0v) is 20.8. The van der Waals surface area contributed by atoms with E-state index in [1.807, 2.05) is 6.07 Å². The van der Waals surface area contributed by atoms with Crippen molar-refractivity contribution in [3.05, 3.63) is 59.7 Å². The average molecular weight is 482 g/mol. The van der Waals surface area contributed by atoms with Gasteiger partial charge < -0.3 is 19.9 Å². The van der Waals surface area contributed by atoms with Crippen molar-refractivity contribution in [2.24, 2.45) is 5.73 Å². The van der Waals surface area contributed by atoms with E-state index in [2.05, 4.69) is 35.2 Å². The smallest absolute Gasteiger partial charge is 0.414 e. The Morgan fingerprint density at radius 3 is 2.37 bits per heavy atom. The topological polar surface area (TPSA) is 94.3 Å². The second-order valence-electron chi connectivity index (χ2n) is 8.29. The first-order valence-corrected chi connectivity index (χ1v) is 11.9. The summed E-state index contributed by atoms with van der Waals surface area (Å²) in [6, 6.07) is 13.6. The van der Waals surface area contributed by atoms with Gasteiger partial charge in [-0.15, -0.1) is 0 Å². The maximum Gasteiger partial charge on any atom is 0.414 e. The average Bonchev–Trinajstić information content (AvgIpc) is 2.88. The molecule has 0 atom stereocenters. The Balaban J connectivity index is 1.65. The first-order chi connectivity index (χ1) is 17.0. The fourth-order valence-corrected chi connectivity index (χ4v) is 4.23. The van der Waals surface area contributed by atoms with Crippen LogP contribution in [0.5, 0.6) is 11.5 Å². The summed E-state index contributed by atoms with van der Waals surface area (Å²) >= 11 is 0. The highest BCUT2D eigenvalue weighted by Gasteiger charge is 2.25. The van der Waals surface area contributed by atoms with E-state index in [9.17, 15) is 9.59 Å². The van der Waals surface area contributed by atoms with Gasteiger partial charge >= 0.3 is 6.09 Å². The fraction of sp³-hybridized carbons (Fsp3) is 0.407. The monoisotopic (exact) mass is 481 g/mol. The van der Waals surface area contributed by atoms with Gasteiger partial charge in [-0.3, -0.25) is 14.6 Å². The number of carbonyl (C=O) groups is 2. The molecule has 1 aliphatic rings. The second kappa shape index (κ2) is 12.8. The number of hydrogen-bond acceptors (Lipinski definition) is 6. The molecule has 0 bridgehead atoms. The molecule has 1 heterocycles. The summed E-state index contributed by atoms with van der Waals surface area (Å²) in [7, 11) is 2.97. The SMILES string of the molecule is CCOC(=O)N(CCCCN1CC=C(c2ccccc2)CC1)c1cc(OC)c(OC)cc1C(N)=O. The van der Waals surface area contributed by atoms with Crippen LogP contribution in [0.1, 0.15) is 42.1 Å². The third-order valence-electron chi connectivity index (χ3n) is 6.09. The van der Waals surface area contributed by atoms with Crippen molar-refractivity contribution in [1.82, 2.24) is 4.90 Å². The normalized spacial score (nSPS) is 13.6. The predicted molar refractivity (Wildman–Crippen MR) is 137 cm³/mol. The molecule has 8 heteroatoms. The van der Waals surface area contributed by atoms with E-state index in [0.717, 1.165) is 38.9 Å². The largest absolute Gasteiger partial charge is 0.493 e. The lowest BCUT2D eigenvalue weighted by Gasteiger charge is -2.28. The van der Waals surface area contributed by atoms with Crippen LogP contribution in [0.15, 0.2) is 48.5 Å². The standard InChI is InChI=1S/C27H35N3O5/c1-4-35-27(32)30(23-19-25(34-3)24(33-2)18-22(23)26(28)31)15-9-8-14-29-16-12-21(13-17-29)20-10-6-5-7-11-20/h5-7,10-12,18-19H,4,8-9,13-17H2,1-3H3,(H2,28,31). The van der Waals surface area contributed by atoms with Crippen LogP contribution in [0.4, 0.5) is 10.5 Å². The quantitative estimate of drug-likeness (QED) is 0.480. The summed E-state index contributed by atoms with van der Waals surface area (Å²) in [5.74, 6) is 0.0996. The summed E-state index contributed by atoms with van der Waals surface area (Å²) in [4.78, 5) is 28.8. The van der Waals surface area contributed by atoms with Gasteiger partial charge in [0, 0.05) is 25.7 Å². The third-order valence-corrected chi connectivity index (χ3v) is 6.09. The molecule has 0 saturated carbocycles. The number of hydrogen-bond donors (Lipinski definition) is 1. The molecule has 0 aromatic heterocycles. The predicted octanol–water partition coefficient (Wildman–Crippen LogP) is 4.34. The molecule has 0 spiro atoms. The van der Waals surface area contributed by atoms with Gasteiger partial charge in [-0.05, 0) is 49.9 Å². The Kier molecular flexibility index (Phi) is 9.55. The molecule has 2 aromatic carbocycles. The molecule has 35 heavy (non-hydrogen) atoms. The maximum absolute atomic E-state index is 12.8. The lowest BCUT2D eigenvalue weighted by Crippen LogP contribution is -2.35. The van der Waals surface area contributed by atoms with Crippen molar-refractivity contribution in [1.29, 1.82) is 0 Å². The number of ether oxygens (including phenoxy) is 3. The van der Waals surface area contributed by atoms with E-state index in [4.69, 9.17) is 19.9 Å². The Labute approximate surface area is 207 Å². The summed E-state index contributed by atoms with van der Waals surface area (Å²) in [5.41, 5.74) is 8.82. The first kappa shape index (κ1) is 26.1. The lowest BCUT2D eigenvalue weighted by molar-refractivity contribution is 0.100. The zero-order chi connectivity index (χ0) is 25.2. The fourth-order valence-electron chi connectivity index (χ4n) is 4.23. The first-order valence-electron chi connectivity index (χ1n) is 11.9. The van der Waals surface area contributed by atoms with E-state index in [1.54, 1.807) is 13.0 Å². The van der Waals surface area contributed by atoms with Gasteiger partial charge in [-0.25, -0.2) is 4.79 Å². The van der Waals surface area contributed by atoms with Crippen LogP contribution in [-0.4, -0.2) is 63.9 Å².